The molecular weight excluding hydrogens is 426 g/mol. The van der Waals surface area contributed by atoms with E-state index in [1.807, 2.05) is 0 Å². The molecule has 1 aromatic carbocycles. The zero-order chi connectivity index (χ0) is 20.4. The second-order valence-electron chi connectivity index (χ2n) is 8.04. The van der Waals surface area contributed by atoms with E-state index in [1.54, 1.807) is 12.1 Å². The van der Waals surface area contributed by atoms with Gasteiger partial charge in [-0.25, -0.2) is 13.1 Å². The van der Waals surface area contributed by atoms with E-state index in [9.17, 15) is 17.6 Å². The van der Waals surface area contributed by atoms with Crippen LogP contribution in [-0.4, -0.2) is 39.3 Å². The van der Waals surface area contributed by atoms with Crippen LogP contribution in [0.15, 0.2) is 18.2 Å². The van der Waals surface area contributed by atoms with Crippen LogP contribution in [0.25, 0.3) is 0 Å². The van der Waals surface area contributed by atoms with Crippen molar-refractivity contribution in [3.8, 4) is 0 Å². The predicted octanol–water partition coefficient (Wildman–Crippen LogP) is 3.95. The molecule has 156 valence electrons. The average molecular weight is 451 g/mol. The van der Waals surface area contributed by atoms with Gasteiger partial charge in [-0.1, -0.05) is 36.0 Å². The van der Waals surface area contributed by atoms with Gasteiger partial charge in [0.15, 0.2) is 0 Å². The van der Waals surface area contributed by atoms with Crippen LogP contribution in [-0.2, 0) is 10.0 Å². The Morgan fingerprint density at radius 1 is 1.25 bits per heavy atom. The maximum Gasteiger partial charge on any atom is 0.252 e. The second kappa shape index (κ2) is 8.86. The lowest BCUT2D eigenvalue weighted by Crippen LogP contribution is -2.55. The van der Waals surface area contributed by atoms with Crippen molar-refractivity contribution in [2.75, 3.05) is 19.0 Å². The van der Waals surface area contributed by atoms with Gasteiger partial charge in [-0.3, -0.25) is 9.18 Å². The number of alkyl halides is 1. The summed E-state index contributed by atoms with van der Waals surface area (Å²) in [6.07, 6.45) is 4.70. The Balaban J connectivity index is 1.57. The molecule has 2 aliphatic rings. The monoisotopic (exact) mass is 450 g/mol. The Labute approximate surface area is 175 Å². The molecule has 0 aliphatic heterocycles. The summed E-state index contributed by atoms with van der Waals surface area (Å²) in [6.45, 7) is -0.166. The van der Waals surface area contributed by atoms with Gasteiger partial charge in [0.2, 0.25) is 10.0 Å². The number of sulfonamides is 1. The number of rotatable bonds is 10. The summed E-state index contributed by atoms with van der Waals surface area (Å²) < 4.78 is 38.9. The Hall–Kier alpha value is -0.890. The molecule has 0 aromatic heterocycles. The van der Waals surface area contributed by atoms with Crippen molar-refractivity contribution in [1.82, 2.24) is 10.0 Å². The van der Waals surface area contributed by atoms with Crippen molar-refractivity contribution < 1.29 is 17.6 Å². The molecule has 9 heteroatoms. The predicted molar refractivity (Wildman–Crippen MR) is 109 cm³/mol. The lowest BCUT2D eigenvalue weighted by Gasteiger charge is -2.48. The molecule has 0 spiro atoms. The second-order valence-corrected chi connectivity index (χ2v) is 10.8. The normalized spacial score (nSPS) is 24.6. The van der Waals surface area contributed by atoms with Crippen LogP contribution in [0.3, 0.4) is 0 Å². The van der Waals surface area contributed by atoms with Gasteiger partial charge in [0.05, 0.1) is 23.0 Å². The summed E-state index contributed by atoms with van der Waals surface area (Å²) in [5.74, 6) is 0.200. The number of nitrogens with one attached hydrogen (secondary N) is 2. The first-order valence-electron chi connectivity index (χ1n) is 9.51. The molecule has 5 nitrogen and oxygen atoms in total. The van der Waals surface area contributed by atoms with E-state index < -0.39 is 16.7 Å². The third kappa shape index (κ3) is 5.81. The molecule has 0 radical (unpaired) electrons. The van der Waals surface area contributed by atoms with Crippen molar-refractivity contribution in [1.29, 1.82) is 0 Å². The minimum absolute atomic E-state index is 0.00712. The summed E-state index contributed by atoms with van der Waals surface area (Å²) in [4.78, 5) is 12.5. The Morgan fingerprint density at radius 2 is 1.96 bits per heavy atom. The number of hydrogen-bond donors (Lipinski definition) is 2. The van der Waals surface area contributed by atoms with E-state index in [-0.39, 0.29) is 29.5 Å². The van der Waals surface area contributed by atoms with Crippen LogP contribution >= 0.6 is 23.2 Å². The van der Waals surface area contributed by atoms with Crippen molar-refractivity contribution in [3.05, 3.63) is 33.8 Å². The van der Waals surface area contributed by atoms with Crippen LogP contribution in [0.1, 0.15) is 48.9 Å². The van der Waals surface area contributed by atoms with E-state index in [4.69, 9.17) is 23.2 Å². The molecule has 3 rings (SSSR count). The molecule has 0 unspecified atom stereocenters. The van der Waals surface area contributed by atoms with E-state index in [1.165, 1.54) is 18.9 Å². The van der Waals surface area contributed by atoms with E-state index in [0.717, 1.165) is 6.42 Å². The minimum Gasteiger partial charge on any atom is -0.351 e. The first-order chi connectivity index (χ1) is 13.2. The summed E-state index contributed by atoms with van der Waals surface area (Å²) in [5.41, 5.74) is 0.263. The van der Waals surface area contributed by atoms with Gasteiger partial charge in [-0.05, 0) is 55.2 Å². The number of carbonyl (C=O) groups excluding carboxylic acids is 1. The minimum atomic E-state index is -3.46. The lowest BCUT2D eigenvalue weighted by molar-refractivity contribution is 0.0661. The number of amides is 1. The molecule has 2 N–H and O–H groups in total. The zero-order valence-corrected chi connectivity index (χ0v) is 17.8. The van der Waals surface area contributed by atoms with Gasteiger partial charge in [0.1, 0.15) is 0 Å². The van der Waals surface area contributed by atoms with Crippen LogP contribution in [0, 0.1) is 11.3 Å². The molecule has 0 heterocycles. The smallest absolute Gasteiger partial charge is 0.252 e. The van der Waals surface area contributed by atoms with E-state index >= 15 is 0 Å². The van der Waals surface area contributed by atoms with Crippen LogP contribution < -0.4 is 10.0 Å². The first kappa shape index (κ1) is 21.8. The van der Waals surface area contributed by atoms with Gasteiger partial charge >= 0.3 is 0 Å². The van der Waals surface area contributed by atoms with Crippen molar-refractivity contribution in [2.24, 2.45) is 11.3 Å². The van der Waals surface area contributed by atoms with Gasteiger partial charge < -0.3 is 5.32 Å². The SMILES string of the molecule is O=C(NCC1(CC2CC2)CC(NS(=O)(=O)CCCF)C1)c1ccc(Cl)cc1Cl. The standard InChI is InChI=1S/C19H25Cl2FN2O3S/c20-14-4-5-16(17(21)8-14)18(25)23-12-19(9-13-2-3-13)10-15(11-19)24-28(26,27)7-1-6-22/h4-5,8,13,15,24H,1-3,6-7,9-12H2,(H,23,25). The molecule has 0 saturated heterocycles. The van der Waals surface area contributed by atoms with Crippen LogP contribution in [0.5, 0.6) is 0 Å². The Kier molecular flexibility index (Phi) is 6.90. The zero-order valence-electron chi connectivity index (χ0n) is 15.5. The molecule has 2 fully saturated rings. The van der Waals surface area contributed by atoms with Crippen LogP contribution in [0.4, 0.5) is 4.39 Å². The fourth-order valence-electron chi connectivity index (χ4n) is 3.98. The highest BCUT2D eigenvalue weighted by molar-refractivity contribution is 7.89. The van der Waals surface area contributed by atoms with E-state index in [0.29, 0.717) is 40.9 Å². The van der Waals surface area contributed by atoms with E-state index in [2.05, 4.69) is 10.0 Å². The number of benzene rings is 1. The Bertz CT molecular complexity index is 824. The molecule has 1 aromatic rings. The maximum atomic E-state index is 12.5. The summed E-state index contributed by atoms with van der Waals surface area (Å²) >= 11 is 12.0. The van der Waals surface area contributed by atoms with Gasteiger partial charge in [-0.2, -0.15) is 0 Å². The number of hydrogen-bond acceptors (Lipinski definition) is 3. The molecule has 0 atom stereocenters. The Morgan fingerprint density at radius 3 is 2.57 bits per heavy atom. The topological polar surface area (TPSA) is 75.3 Å². The number of halogens is 3. The summed E-state index contributed by atoms with van der Waals surface area (Å²) in [7, 11) is -3.46. The highest BCUT2D eigenvalue weighted by Crippen LogP contribution is 2.51. The molecule has 1 amide bonds. The first-order valence-corrected chi connectivity index (χ1v) is 11.9. The van der Waals surface area contributed by atoms with Gasteiger partial charge in [0.25, 0.3) is 5.91 Å². The molecule has 2 saturated carbocycles. The third-order valence-corrected chi connectivity index (χ3v) is 7.54. The third-order valence-electron chi connectivity index (χ3n) is 5.47. The summed E-state index contributed by atoms with van der Waals surface area (Å²) in [5, 5.41) is 3.73. The summed E-state index contributed by atoms with van der Waals surface area (Å²) in [6, 6.07) is 4.59. The molecule has 0 bridgehead atoms. The van der Waals surface area contributed by atoms with Crippen molar-refractivity contribution in [3.63, 3.8) is 0 Å². The fourth-order valence-corrected chi connectivity index (χ4v) is 5.76. The molecular formula is C19H25Cl2FN2O3S. The fraction of sp³-hybridized carbons (Fsp3) is 0.632. The highest BCUT2D eigenvalue weighted by atomic mass is 35.5. The lowest BCUT2D eigenvalue weighted by atomic mass is 9.63. The number of carbonyl (C=O) groups is 1. The highest BCUT2D eigenvalue weighted by Gasteiger charge is 2.48. The molecule has 28 heavy (non-hydrogen) atoms. The van der Waals surface area contributed by atoms with Crippen molar-refractivity contribution >= 4 is 39.1 Å². The molecule has 2 aliphatic carbocycles. The van der Waals surface area contributed by atoms with Crippen LogP contribution in [0.2, 0.25) is 10.0 Å². The van der Waals surface area contributed by atoms with Gasteiger partial charge in [0, 0.05) is 17.6 Å². The maximum absolute atomic E-state index is 12.5. The quantitative estimate of drug-likeness (QED) is 0.566. The van der Waals surface area contributed by atoms with Gasteiger partial charge in [-0.15, -0.1) is 0 Å². The average Bonchev–Trinajstić information content (AvgIpc) is 3.40. The largest absolute Gasteiger partial charge is 0.351 e. The van der Waals surface area contributed by atoms with Crippen molar-refractivity contribution in [2.45, 2.75) is 44.6 Å².